The molecule has 0 bridgehead atoms. The van der Waals surface area contributed by atoms with E-state index in [0.717, 1.165) is 23.4 Å². The molecule has 0 fully saturated rings. The summed E-state index contributed by atoms with van der Waals surface area (Å²) in [4.78, 5) is 33.6. The van der Waals surface area contributed by atoms with Crippen molar-refractivity contribution >= 4 is 28.0 Å². The largest absolute Gasteiger partial charge is 0.347 e. The summed E-state index contributed by atoms with van der Waals surface area (Å²) in [7, 11) is 1.71. The molecule has 0 radical (unpaired) electrons. The highest BCUT2D eigenvalue weighted by Gasteiger charge is 2.13. The smallest absolute Gasteiger partial charge is 0.264 e. The summed E-state index contributed by atoms with van der Waals surface area (Å²) in [6.07, 6.45) is 2.83. The van der Waals surface area contributed by atoms with Crippen molar-refractivity contribution in [1.29, 1.82) is 0 Å². The molecule has 27 heavy (non-hydrogen) atoms. The van der Waals surface area contributed by atoms with E-state index < -0.39 is 0 Å². The Labute approximate surface area is 154 Å². The Balaban J connectivity index is 1.51. The third-order valence-electron chi connectivity index (χ3n) is 4.53. The van der Waals surface area contributed by atoms with Crippen LogP contribution in [-0.2, 0) is 31.5 Å². The summed E-state index contributed by atoms with van der Waals surface area (Å²) in [5.74, 6) is 0.497. The van der Waals surface area contributed by atoms with Crippen LogP contribution >= 0.6 is 0 Å². The molecule has 9 heteroatoms. The lowest BCUT2D eigenvalue weighted by molar-refractivity contribution is -0.121. The maximum Gasteiger partial charge on any atom is 0.264 e. The van der Waals surface area contributed by atoms with Crippen LogP contribution in [0.5, 0.6) is 0 Å². The molecule has 0 saturated carbocycles. The van der Waals surface area contributed by atoms with Crippen molar-refractivity contribution in [3.63, 3.8) is 0 Å². The van der Waals surface area contributed by atoms with Gasteiger partial charge >= 0.3 is 0 Å². The first-order chi connectivity index (χ1) is 13.1. The predicted octanol–water partition coefficient (Wildman–Crippen LogP) is 0.816. The van der Waals surface area contributed by atoms with Gasteiger partial charge in [-0.25, -0.2) is 9.97 Å². The molecule has 0 atom stereocenters. The maximum atomic E-state index is 12.4. The van der Waals surface area contributed by atoms with Crippen molar-refractivity contribution in [3.05, 3.63) is 53.0 Å². The highest BCUT2D eigenvalue weighted by molar-refractivity contribution is 5.78. The Morgan fingerprint density at radius 2 is 2.07 bits per heavy atom. The van der Waals surface area contributed by atoms with Crippen LogP contribution in [0.2, 0.25) is 0 Å². The van der Waals surface area contributed by atoms with E-state index in [0.29, 0.717) is 17.6 Å². The Morgan fingerprint density at radius 3 is 2.89 bits per heavy atom. The molecule has 9 nitrogen and oxygen atoms in total. The quantitative estimate of drug-likeness (QED) is 0.564. The summed E-state index contributed by atoms with van der Waals surface area (Å²) in [6, 6.07) is 7.85. The molecule has 1 aromatic carbocycles. The second kappa shape index (κ2) is 6.67. The summed E-state index contributed by atoms with van der Waals surface area (Å²) < 4.78 is 4.86. The lowest BCUT2D eigenvalue weighted by Gasteiger charge is -2.09. The van der Waals surface area contributed by atoms with Crippen molar-refractivity contribution in [3.8, 4) is 0 Å². The summed E-state index contributed by atoms with van der Waals surface area (Å²) >= 11 is 0. The average Bonchev–Trinajstić information content (AvgIpc) is 3.22. The van der Waals surface area contributed by atoms with E-state index in [-0.39, 0.29) is 18.0 Å². The summed E-state index contributed by atoms with van der Waals surface area (Å²) in [6.45, 7) is 2.97. The highest BCUT2D eigenvalue weighted by Crippen LogP contribution is 2.15. The van der Waals surface area contributed by atoms with Gasteiger partial charge in [0.2, 0.25) is 5.91 Å². The standard InChI is InChI=1S/C18H19N7O2/c1-3-25-14-7-5-4-6-13(14)22-15(25)9-19-16(26)10-24-11-20-17-12(18(24)27)8-21-23(17)2/h4-8,11H,3,9-10H2,1-2H3,(H,19,26). The Morgan fingerprint density at radius 1 is 1.26 bits per heavy atom. The molecule has 3 heterocycles. The molecule has 3 aromatic heterocycles. The van der Waals surface area contributed by atoms with E-state index >= 15 is 0 Å². The number of hydrogen-bond donors (Lipinski definition) is 1. The second-order valence-electron chi connectivity index (χ2n) is 6.22. The fourth-order valence-corrected chi connectivity index (χ4v) is 3.18. The Kier molecular flexibility index (Phi) is 4.19. The first-order valence-corrected chi connectivity index (χ1v) is 8.66. The van der Waals surface area contributed by atoms with Gasteiger partial charge in [-0.1, -0.05) is 12.1 Å². The number of hydrogen-bond acceptors (Lipinski definition) is 5. The monoisotopic (exact) mass is 365 g/mol. The molecular weight excluding hydrogens is 346 g/mol. The van der Waals surface area contributed by atoms with Crippen molar-refractivity contribution in [1.82, 2.24) is 34.2 Å². The third kappa shape index (κ3) is 2.97. The molecule has 0 aliphatic rings. The Bertz CT molecular complexity index is 1200. The number of imidazole rings is 1. The number of fused-ring (bicyclic) bond motifs is 2. The van der Waals surface area contributed by atoms with Gasteiger partial charge in [0.05, 0.1) is 23.8 Å². The van der Waals surface area contributed by atoms with Gasteiger partial charge in [-0.2, -0.15) is 5.10 Å². The number of nitrogens with zero attached hydrogens (tertiary/aromatic N) is 6. The third-order valence-corrected chi connectivity index (χ3v) is 4.53. The highest BCUT2D eigenvalue weighted by atomic mass is 16.2. The second-order valence-corrected chi connectivity index (χ2v) is 6.22. The van der Waals surface area contributed by atoms with Crippen LogP contribution in [0.15, 0.2) is 41.6 Å². The van der Waals surface area contributed by atoms with Crippen molar-refractivity contribution in [2.24, 2.45) is 7.05 Å². The zero-order valence-electron chi connectivity index (χ0n) is 15.1. The van der Waals surface area contributed by atoms with Gasteiger partial charge in [0.25, 0.3) is 5.56 Å². The van der Waals surface area contributed by atoms with E-state index in [1.807, 2.05) is 31.2 Å². The Hall–Kier alpha value is -3.49. The maximum absolute atomic E-state index is 12.4. The number of benzene rings is 1. The first-order valence-electron chi connectivity index (χ1n) is 8.66. The lowest BCUT2D eigenvalue weighted by atomic mass is 10.3. The number of para-hydroxylation sites is 2. The van der Waals surface area contributed by atoms with Gasteiger partial charge in [-0.05, 0) is 19.1 Å². The van der Waals surface area contributed by atoms with Crippen molar-refractivity contribution in [2.75, 3.05) is 0 Å². The van der Waals surface area contributed by atoms with Crippen LogP contribution in [0.3, 0.4) is 0 Å². The average molecular weight is 365 g/mol. The van der Waals surface area contributed by atoms with E-state index in [1.165, 1.54) is 21.8 Å². The number of nitrogens with one attached hydrogen (secondary N) is 1. The van der Waals surface area contributed by atoms with Gasteiger partial charge in [-0.3, -0.25) is 18.8 Å². The molecule has 0 saturated heterocycles. The molecular formula is C18H19N7O2. The summed E-state index contributed by atoms with van der Waals surface area (Å²) in [5.41, 5.74) is 2.13. The van der Waals surface area contributed by atoms with Gasteiger partial charge in [-0.15, -0.1) is 0 Å². The predicted molar refractivity (Wildman–Crippen MR) is 100 cm³/mol. The van der Waals surface area contributed by atoms with Gasteiger partial charge in [0.15, 0.2) is 5.65 Å². The van der Waals surface area contributed by atoms with Crippen molar-refractivity contribution in [2.45, 2.75) is 26.6 Å². The van der Waals surface area contributed by atoms with Crippen LogP contribution in [0.4, 0.5) is 0 Å². The number of aromatic nitrogens is 6. The minimum Gasteiger partial charge on any atom is -0.347 e. The number of carbonyl (C=O) groups is 1. The topological polar surface area (TPSA) is 99.6 Å². The zero-order chi connectivity index (χ0) is 19.0. The van der Waals surface area contributed by atoms with Crippen LogP contribution in [0, 0.1) is 0 Å². The molecule has 138 valence electrons. The number of aryl methyl sites for hydroxylation is 2. The van der Waals surface area contributed by atoms with Crippen LogP contribution in [0.25, 0.3) is 22.1 Å². The minimum absolute atomic E-state index is 0.108. The van der Waals surface area contributed by atoms with Gasteiger partial charge in [0.1, 0.15) is 24.1 Å². The van der Waals surface area contributed by atoms with Gasteiger partial charge in [0, 0.05) is 13.6 Å². The molecule has 1 N–H and O–H groups in total. The van der Waals surface area contributed by atoms with Crippen LogP contribution in [0.1, 0.15) is 12.7 Å². The van der Waals surface area contributed by atoms with E-state index in [2.05, 4.69) is 25.0 Å². The molecule has 0 unspecified atom stereocenters. The normalized spacial score (nSPS) is 11.3. The van der Waals surface area contributed by atoms with Crippen molar-refractivity contribution < 1.29 is 4.79 Å². The fraction of sp³-hybridized carbons (Fsp3) is 0.278. The number of carbonyl (C=O) groups excluding carboxylic acids is 1. The van der Waals surface area contributed by atoms with E-state index in [9.17, 15) is 9.59 Å². The van der Waals surface area contributed by atoms with E-state index in [1.54, 1.807) is 7.05 Å². The molecule has 4 rings (SSSR count). The lowest BCUT2D eigenvalue weighted by Crippen LogP contribution is -2.32. The fourth-order valence-electron chi connectivity index (χ4n) is 3.18. The zero-order valence-corrected chi connectivity index (χ0v) is 15.1. The molecule has 0 spiro atoms. The molecule has 0 aliphatic heterocycles. The van der Waals surface area contributed by atoms with Gasteiger partial charge < -0.3 is 9.88 Å². The molecule has 1 amide bonds. The number of rotatable bonds is 5. The molecule has 4 aromatic rings. The van der Waals surface area contributed by atoms with Crippen LogP contribution in [-0.4, -0.2) is 34.8 Å². The number of amides is 1. The SMILES string of the molecule is CCn1c(CNC(=O)Cn2cnc3c(cnn3C)c2=O)nc2ccccc21. The van der Waals surface area contributed by atoms with Crippen LogP contribution < -0.4 is 10.9 Å². The summed E-state index contributed by atoms with van der Waals surface area (Å²) in [5, 5.41) is 7.24. The molecule has 0 aliphatic carbocycles. The minimum atomic E-state index is -0.288. The van der Waals surface area contributed by atoms with E-state index in [4.69, 9.17) is 0 Å². The first kappa shape index (κ1) is 17.0.